The van der Waals surface area contributed by atoms with Crippen molar-refractivity contribution in [2.45, 2.75) is 13.8 Å². The molecule has 0 aliphatic heterocycles. The van der Waals surface area contributed by atoms with Gasteiger partial charge in [0.25, 0.3) is 0 Å². The summed E-state index contributed by atoms with van der Waals surface area (Å²) in [6.45, 7) is 3.34. The number of hydrogen-bond acceptors (Lipinski definition) is 2. The molecule has 1 aromatic carbocycles. The number of aromatic nitrogens is 2. The Hall–Kier alpha value is -2.10. The molecule has 1 N–H and O–H groups in total. The van der Waals surface area contributed by atoms with Gasteiger partial charge < -0.3 is 4.98 Å². The van der Waals surface area contributed by atoms with Gasteiger partial charge in [-0.2, -0.15) is 0 Å². The lowest BCUT2D eigenvalue weighted by atomic mass is 10.1. The average Bonchev–Trinajstić information content (AvgIpc) is 2.59. The molecule has 0 amide bonds. The van der Waals surface area contributed by atoms with Crippen LogP contribution in [0, 0.1) is 6.92 Å². The molecule has 0 aliphatic carbocycles. The minimum atomic E-state index is -0.196. The Balaban J connectivity index is 2.61. The van der Waals surface area contributed by atoms with Crippen LogP contribution in [0.2, 0.25) is 0 Å². The number of rotatable bonds is 2. The lowest BCUT2D eigenvalue weighted by molar-refractivity contribution is 0.101. The Morgan fingerprint density at radius 1 is 1.38 bits per heavy atom. The minimum absolute atomic E-state index is 0.0110. The number of ketones is 1. The normalized spacial score (nSPS) is 10.4. The molecule has 2 aromatic rings. The standard InChI is InChI=1S/C12H12N2O2/c1-8-7-13-12(16)14(8)11-5-3-4-10(6-11)9(2)15/h3-7H,1-2H3,(H,13,16). The van der Waals surface area contributed by atoms with E-state index in [0.29, 0.717) is 11.3 Å². The molecule has 0 fully saturated rings. The van der Waals surface area contributed by atoms with Crippen LogP contribution in [0.15, 0.2) is 35.3 Å². The first kappa shape index (κ1) is 10.4. The quantitative estimate of drug-likeness (QED) is 0.776. The van der Waals surface area contributed by atoms with Gasteiger partial charge in [-0.3, -0.25) is 9.36 Å². The fourth-order valence-electron chi connectivity index (χ4n) is 1.64. The molecule has 0 unspecified atom stereocenters. The van der Waals surface area contributed by atoms with E-state index in [1.807, 2.05) is 6.92 Å². The van der Waals surface area contributed by atoms with Crippen LogP contribution in [-0.4, -0.2) is 15.3 Å². The van der Waals surface area contributed by atoms with Crippen molar-refractivity contribution in [1.29, 1.82) is 0 Å². The lowest BCUT2D eigenvalue weighted by Crippen LogP contribution is -2.16. The first-order valence-electron chi connectivity index (χ1n) is 4.98. The fraction of sp³-hybridized carbons (Fsp3) is 0.167. The molecule has 1 heterocycles. The SMILES string of the molecule is CC(=O)c1cccc(-n2c(C)c[nH]c2=O)c1. The second kappa shape index (κ2) is 3.81. The smallest absolute Gasteiger partial charge is 0.312 e. The van der Waals surface area contributed by atoms with Gasteiger partial charge in [0, 0.05) is 17.5 Å². The van der Waals surface area contributed by atoms with E-state index in [1.54, 1.807) is 30.5 Å². The fourth-order valence-corrected chi connectivity index (χ4v) is 1.64. The number of aryl methyl sites for hydroxylation is 1. The molecule has 16 heavy (non-hydrogen) atoms. The van der Waals surface area contributed by atoms with Gasteiger partial charge in [-0.05, 0) is 26.0 Å². The maximum absolute atomic E-state index is 11.5. The summed E-state index contributed by atoms with van der Waals surface area (Å²) in [5.41, 5.74) is 1.92. The zero-order valence-electron chi connectivity index (χ0n) is 9.15. The molecule has 4 nitrogen and oxygen atoms in total. The van der Waals surface area contributed by atoms with Crippen molar-refractivity contribution in [2.24, 2.45) is 0 Å². The molecule has 1 aromatic heterocycles. The highest BCUT2D eigenvalue weighted by molar-refractivity contribution is 5.94. The van der Waals surface area contributed by atoms with Crippen molar-refractivity contribution in [1.82, 2.24) is 9.55 Å². The first-order chi connectivity index (χ1) is 7.59. The highest BCUT2D eigenvalue weighted by Gasteiger charge is 2.06. The summed E-state index contributed by atoms with van der Waals surface area (Å²) in [4.78, 5) is 25.4. The first-order valence-corrected chi connectivity index (χ1v) is 4.98. The average molecular weight is 216 g/mol. The van der Waals surface area contributed by atoms with Crippen molar-refractivity contribution >= 4 is 5.78 Å². The van der Waals surface area contributed by atoms with Crippen LogP contribution >= 0.6 is 0 Å². The van der Waals surface area contributed by atoms with E-state index < -0.39 is 0 Å². The maximum Gasteiger partial charge on any atom is 0.330 e. The minimum Gasteiger partial charge on any atom is -0.312 e. The summed E-state index contributed by atoms with van der Waals surface area (Å²) in [6, 6.07) is 7.02. The van der Waals surface area contributed by atoms with Crippen LogP contribution < -0.4 is 5.69 Å². The van der Waals surface area contributed by atoms with Gasteiger partial charge in [0.1, 0.15) is 0 Å². The van der Waals surface area contributed by atoms with Crippen LogP contribution in [0.1, 0.15) is 23.0 Å². The van der Waals surface area contributed by atoms with Crippen LogP contribution in [0.5, 0.6) is 0 Å². The third-order valence-electron chi connectivity index (χ3n) is 2.47. The molecule has 0 bridgehead atoms. The zero-order valence-corrected chi connectivity index (χ0v) is 9.15. The molecule has 0 spiro atoms. The van der Waals surface area contributed by atoms with Crippen molar-refractivity contribution < 1.29 is 4.79 Å². The summed E-state index contributed by atoms with van der Waals surface area (Å²) < 4.78 is 1.53. The second-order valence-corrected chi connectivity index (χ2v) is 3.68. The number of Topliss-reactive ketones (excluding diaryl/α,β-unsaturated/α-hetero) is 1. The zero-order chi connectivity index (χ0) is 11.7. The van der Waals surface area contributed by atoms with Gasteiger partial charge in [0.15, 0.2) is 5.78 Å². The number of carbonyl (C=O) groups excluding carboxylic acids is 1. The molecular formula is C12H12N2O2. The van der Waals surface area contributed by atoms with E-state index in [4.69, 9.17) is 0 Å². The Labute approximate surface area is 92.5 Å². The van der Waals surface area contributed by atoms with E-state index >= 15 is 0 Å². The lowest BCUT2D eigenvalue weighted by Gasteiger charge is -2.05. The Bertz CT molecular complexity index is 593. The number of benzene rings is 1. The number of carbonyl (C=O) groups is 1. The van der Waals surface area contributed by atoms with Gasteiger partial charge >= 0.3 is 5.69 Å². The number of nitrogens with one attached hydrogen (secondary N) is 1. The number of aromatic amines is 1. The maximum atomic E-state index is 11.5. The van der Waals surface area contributed by atoms with Crippen LogP contribution in [0.4, 0.5) is 0 Å². The van der Waals surface area contributed by atoms with Crippen LogP contribution in [0.25, 0.3) is 5.69 Å². The van der Waals surface area contributed by atoms with Gasteiger partial charge in [0.2, 0.25) is 0 Å². The summed E-state index contributed by atoms with van der Waals surface area (Å²) >= 11 is 0. The molecule has 0 radical (unpaired) electrons. The number of imidazole rings is 1. The van der Waals surface area contributed by atoms with E-state index in [0.717, 1.165) is 5.69 Å². The number of nitrogens with zero attached hydrogens (tertiary/aromatic N) is 1. The molecular weight excluding hydrogens is 204 g/mol. The predicted molar refractivity (Wildman–Crippen MR) is 61.1 cm³/mol. The molecule has 0 saturated heterocycles. The van der Waals surface area contributed by atoms with E-state index in [9.17, 15) is 9.59 Å². The van der Waals surface area contributed by atoms with Gasteiger partial charge in [-0.1, -0.05) is 12.1 Å². The van der Waals surface area contributed by atoms with Gasteiger partial charge in [-0.25, -0.2) is 4.79 Å². The van der Waals surface area contributed by atoms with Crippen molar-refractivity contribution in [3.05, 3.63) is 52.2 Å². The van der Waals surface area contributed by atoms with E-state index in [1.165, 1.54) is 11.5 Å². The predicted octanol–water partition coefficient (Wildman–Crippen LogP) is 1.68. The topological polar surface area (TPSA) is 54.9 Å². The van der Waals surface area contributed by atoms with Crippen molar-refractivity contribution in [3.63, 3.8) is 0 Å². The highest BCUT2D eigenvalue weighted by atomic mass is 16.1. The largest absolute Gasteiger partial charge is 0.330 e. The third-order valence-corrected chi connectivity index (χ3v) is 2.47. The van der Waals surface area contributed by atoms with Crippen LogP contribution in [0.3, 0.4) is 0 Å². The summed E-state index contributed by atoms with van der Waals surface area (Å²) in [7, 11) is 0. The van der Waals surface area contributed by atoms with Crippen molar-refractivity contribution in [2.75, 3.05) is 0 Å². The summed E-state index contributed by atoms with van der Waals surface area (Å²) in [5.74, 6) is -0.0110. The monoisotopic (exact) mass is 216 g/mol. The van der Waals surface area contributed by atoms with Gasteiger partial charge in [-0.15, -0.1) is 0 Å². The Morgan fingerprint density at radius 3 is 2.69 bits per heavy atom. The molecule has 0 atom stereocenters. The Kier molecular flexibility index (Phi) is 2.48. The third kappa shape index (κ3) is 1.69. The van der Waals surface area contributed by atoms with Crippen molar-refractivity contribution in [3.8, 4) is 5.69 Å². The molecule has 2 rings (SSSR count). The summed E-state index contributed by atoms with van der Waals surface area (Å²) in [6.07, 6.45) is 1.64. The molecule has 82 valence electrons. The molecule has 4 heteroatoms. The highest BCUT2D eigenvalue weighted by Crippen LogP contribution is 2.11. The number of H-pyrrole nitrogens is 1. The van der Waals surface area contributed by atoms with E-state index in [-0.39, 0.29) is 11.5 Å². The van der Waals surface area contributed by atoms with E-state index in [2.05, 4.69) is 4.98 Å². The van der Waals surface area contributed by atoms with Gasteiger partial charge in [0.05, 0.1) is 5.69 Å². The Morgan fingerprint density at radius 2 is 2.12 bits per heavy atom. The second-order valence-electron chi connectivity index (χ2n) is 3.68. The van der Waals surface area contributed by atoms with Crippen LogP contribution in [-0.2, 0) is 0 Å². The summed E-state index contributed by atoms with van der Waals surface area (Å²) in [5, 5.41) is 0. The molecule has 0 saturated carbocycles. The molecule has 0 aliphatic rings. The number of hydrogen-bond donors (Lipinski definition) is 1.